The van der Waals surface area contributed by atoms with Crippen molar-refractivity contribution in [2.75, 3.05) is 0 Å². The molecule has 180 valence electrons. The zero-order valence-electron chi connectivity index (χ0n) is 23.2. The molecule has 34 heavy (non-hydrogen) atoms. The first-order valence-corrected chi connectivity index (χ1v) is 26.7. The van der Waals surface area contributed by atoms with Crippen LogP contribution >= 0.6 is 0 Å². The maximum Gasteiger partial charge on any atom is 0.108 e. The summed E-state index contributed by atoms with van der Waals surface area (Å²) in [7, 11) is -6.14. The maximum absolute atomic E-state index is 2.72. The minimum absolute atomic E-state index is 0.656. The van der Waals surface area contributed by atoms with E-state index in [1.54, 1.807) is 22.3 Å². The maximum atomic E-state index is 2.72. The van der Waals surface area contributed by atoms with Gasteiger partial charge in [-0.15, -0.1) is 0 Å². The third-order valence-electron chi connectivity index (χ3n) is 8.68. The fraction of sp³-hybridized carbons (Fsp3) is 0.467. The van der Waals surface area contributed by atoms with Crippen LogP contribution in [0, 0.1) is 0 Å². The van der Waals surface area contributed by atoms with E-state index in [1.807, 2.05) is 20.8 Å². The Bertz CT molecular complexity index is 1130. The molecule has 0 nitrogen and oxygen atoms in total. The fourth-order valence-electron chi connectivity index (χ4n) is 7.77. The monoisotopic (exact) mass is 516 g/mol. The molecule has 0 fully saturated rings. The average molecular weight is 517 g/mol. The second-order valence-corrected chi connectivity index (χ2v) is 34.3. The first-order chi connectivity index (χ1) is 15.6. The normalized spacial score (nSPS) is 24.6. The van der Waals surface area contributed by atoms with Crippen LogP contribution in [0.4, 0.5) is 0 Å². The van der Waals surface area contributed by atoms with Crippen LogP contribution in [0.3, 0.4) is 0 Å². The summed E-state index contributed by atoms with van der Waals surface area (Å²) in [6.45, 7) is 26.3. The highest BCUT2D eigenvalue weighted by Gasteiger charge is 2.57. The highest BCUT2D eigenvalue weighted by molar-refractivity contribution is 7.14. The predicted octanol–water partition coefficient (Wildman–Crippen LogP) is 9.35. The Morgan fingerprint density at radius 2 is 0.882 bits per heavy atom. The second-order valence-electron chi connectivity index (χ2n) is 14.6. The molecule has 0 N–H and O–H groups in total. The van der Waals surface area contributed by atoms with Crippen LogP contribution in [0.15, 0.2) is 58.9 Å². The Hall–Kier alpha value is -1.21. The summed E-state index contributed by atoms with van der Waals surface area (Å²) in [4.78, 5) is 0. The number of fused-ring (bicyclic) bond motifs is 4. The number of allylic oxidation sites excluding steroid dienone is 2. The topological polar surface area (TPSA) is 0 Å². The number of hydrogen-bond donors (Lipinski definition) is 0. The first kappa shape index (κ1) is 24.5. The van der Waals surface area contributed by atoms with Crippen LogP contribution in [0.2, 0.25) is 77.6 Å². The van der Waals surface area contributed by atoms with Gasteiger partial charge < -0.3 is 0 Å². The molecule has 0 spiro atoms. The molecule has 0 saturated heterocycles. The quantitative estimate of drug-likeness (QED) is 0.355. The smallest absolute Gasteiger partial charge is 0.0695 e. The summed E-state index contributed by atoms with van der Waals surface area (Å²) in [6.07, 6.45) is 0. The third-order valence-corrected chi connectivity index (χ3v) is 19.9. The highest BCUT2D eigenvalue weighted by atomic mass is 28.3. The minimum Gasteiger partial charge on any atom is -0.0695 e. The van der Waals surface area contributed by atoms with Crippen molar-refractivity contribution in [3.63, 3.8) is 0 Å². The molecule has 2 aromatic rings. The van der Waals surface area contributed by atoms with Crippen molar-refractivity contribution in [1.29, 1.82) is 0 Å². The van der Waals surface area contributed by atoms with Gasteiger partial charge in [-0.3, -0.25) is 0 Å². The lowest BCUT2D eigenvalue weighted by Crippen LogP contribution is -2.47. The van der Waals surface area contributed by atoms with Gasteiger partial charge in [0.05, 0.1) is 0 Å². The molecule has 2 unspecified atom stereocenters. The molecule has 0 saturated carbocycles. The molecular formula is C30H44Si4. The summed E-state index contributed by atoms with van der Waals surface area (Å²) in [5, 5.41) is 7.62. The second kappa shape index (κ2) is 7.64. The first-order valence-electron chi connectivity index (χ1n) is 13.3. The molecular weight excluding hydrogens is 473 g/mol. The number of benzene rings is 2. The van der Waals surface area contributed by atoms with E-state index in [-0.39, 0.29) is 0 Å². The molecule has 2 aliphatic carbocycles. The zero-order valence-corrected chi connectivity index (χ0v) is 27.2. The Kier molecular flexibility index (Phi) is 5.50. The minimum atomic E-state index is -1.84. The molecule has 2 aromatic carbocycles. The predicted molar refractivity (Wildman–Crippen MR) is 163 cm³/mol. The molecule has 2 atom stereocenters. The Balaban J connectivity index is 1.80. The van der Waals surface area contributed by atoms with E-state index in [0.29, 0.717) is 11.8 Å². The Labute approximate surface area is 212 Å². The van der Waals surface area contributed by atoms with Gasteiger partial charge in [0, 0.05) is 28.0 Å². The highest BCUT2D eigenvalue weighted by Crippen LogP contribution is 2.64. The average Bonchev–Trinajstić information content (AvgIpc) is 3.21. The standard InChI is InChI=1S/C30H44Si4/c1-31(2,3)19-25-21-15-11-13-17-23(21)27-29(25)33(7,8)28-24-18-14-12-16-22(24)26(20-32(4,5)6)30(28)34(27,9)10/h11-18,25-26H,19-20H2,1-10H3. The fourth-order valence-corrected chi connectivity index (χ4v) is 23.0. The molecule has 0 aromatic heterocycles. The largest absolute Gasteiger partial charge is 0.108 e. The summed E-state index contributed by atoms with van der Waals surface area (Å²) in [5.41, 5.74) is 6.64. The summed E-state index contributed by atoms with van der Waals surface area (Å²) >= 11 is 0. The van der Waals surface area contributed by atoms with Crippen molar-refractivity contribution in [1.82, 2.24) is 0 Å². The van der Waals surface area contributed by atoms with E-state index in [4.69, 9.17) is 0 Å². The molecule has 3 aliphatic rings. The van der Waals surface area contributed by atoms with Gasteiger partial charge in [-0.05, 0) is 34.3 Å². The van der Waals surface area contributed by atoms with Crippen LogP contribution in [0.25, 0.3) is 10.4 Å². The molecule has 1 heterocycles. The summed E-state index contributed by atoms with van der Waals surface area (Å²) in [6, 6.07) is 22.0. The van der Waals surface area contributed by atoms with Crippen LogP contribution in [0.1, 0.15) is 34.1 Å². The van der Waals surface area contributed by atoms with E-state index in [0.717, 1.165) is 0 Å². The van der Waals surface area contributed by atoms with Gasteiger partial charge in [0.15, 0.2) is 0 Å². The van der Waals surface area contributed by atoms with Crippen LogP contribution in [-0.4, -0.2) is 32.3 Å². The molecule has 0 bridgehead atoms. The molecule has 5 rings (SSSR count). The van der Waals surface area contributed by atoms with Crippen molar-refractivity contribution < 1.29 is 0 Å². The van der Waals surface area contributed by atoms with Gasteiger partial charge in [0.1, 0.15) is 16.1 Å². The Morgan fingerprint density at radius 1 is 0.559 bits per heavy atom. The van der Waals surface area contributed by atoms with Gasteiger partial charge in [-0.25, -0.2) is 0 Å². The van der Waals surface area contributed by atoms with E-state index < -0.39 is 32.3 Å². The molecule has 1 aliphatic heterocycles. The zero-order chi connectivity index (χ0) is 24.8. The van der Waals surface area contributed by atoms with E-state index in [9.17, 15) is 0 Å². The van der Waals surface area contributed by atoms with Gasteiger partial charge in [0.2, 0.25) is 0 Å². The van der Waals surface area contributed by atoms with Gasteiger partial charge >= 0.3 is 0 Å². The van der Waals surface area contributed by atoms with Crippen LogP contribution in [0.5, 0.6) is 0 Å². The lowest BCUT2D eigenvalue weighted by Gasteiger charge is -2.45. The van der Waals surface area contributed by atoms with E-state index in [1.165, 1.54) is 12.1 Å². The van der Waals surface area contributed by atoms with Crippen molar-refractivity contribution in [3.05, 3.63) is 81.2 Å². The third kappa shape index (κ3) is 3.63. The van der Waals surface area contributed by atoms with Crippen LogP contribution < -0.4 is 0 Å². The van der Waals surface area contributed by atoms with Gasteiger partial charge in [0.25, 0.3) is 0 Å². The van der Waals surface area contributed by atoms with Crippen molar-refractivity contribution >= 4 is 42.7 Å². The number of rotatable bonds is 4. The number of hydrogen-bond acceptors (Lipinski definition) is 0. The van der Waals surface area contributed by atoms with E-state index >= 15 is 0 Å². The lowest BCUT2D eigenvalue weighted by molar-refractivity contribution is 0.926. The van der Waals surface area contributed by atoms with E-state index in [2.05, 4.69) is 114 Å². The van der Waals surface area contributed by atoms with Gasteiger partial charge in [-0.1, -0.05) is 135 Å². The Morgan fingerprint density at radius 3 is 1.21 bits per heavy atom. The molecule has 0 radical (unpaired) electrons. The summed E-state index contributed by atoms with van der Waals surface area (Å²) in [5.74, 6) is 1.31. The molecule has 0 amide bonds. The SMILES string of the molecule is C[Si](C)(C)CC1C2=C(c3ccccc31)[Si](C)(C)C1=C(c3ccccc3C1C[Si](C)(C)C)[Si]2(C)C. The van der Waals surface area contributed by atoms with Crippen molar-refractivity contribution in [2.45, 2.75) is 89.4 Å². The van der Waals surface area contributed by atoms with Crippen molar-refractivity contribution in [3.8, 4) is 0 Å². The lowest BCUT2D eigenvalue weighted by atomic mass is 10.0. The van der Waals surface area contributed by atoms with Crippen molar-refractivity contribution in [2.24, 2.45) is 0 Å². The summed E-state index contributed by atoms with van der Waals surface area (Å²) < 4.78 is 0. The van der Waals surface area contributed by atoms with Crippen LogP contribution in [-0.2, 0) is 0 Å². The molecule has 4 heteroatoms. The van der Waals surface area contributed by atoms with Gasteiger partial charge in [-0.2, -0.15) is 0 Å².